The molecule has 0 bridgehead atoms. The minimum absolute atomic E-state index is 0.0654. The highest BCUT2D eigenvalue weighted by Gasteiger charge is 2.32. The minimum atomic E-state index is -3.74. The second-order valence-corrected chi connectivity index (χ2v) is 7.55. The van der Waals surface area contributed by atoms with E-state index in [1.165, 1.54) is 24.3 Å². The molecule has 2 N–H and O–H groups in total. The van der Waals surface area contributed by atoms with Crippen molar-refractivity contribution in [1.29, 1.82) is 0 Å². The Kier molecular flexibility index (Phi) is 4.25. The molecule has 1 heterocycles. The maximum atomic E-state index is 13.9. The van der Waals surface area contributed by atoms with Gasteiger partial charge in [-0.1, -0.05) is 23.7 Å². The Morgan fingerprint density at radius 3 is 2.58 bits per heavy atom. The minimum Gasteiger partial charge on any atom is -0.329 e. The summed E-state index contributed by atoms with van der Waals surface area (Å²) in [5.41, 5.74) is 5.47. The van der Waals surface area contributed by atoms with Gasteiger partial charge in [0.1, 0.15) is 15.3 Å². The first-order valence-corrected chi connectivity index (χ1v) is 8.20. The maximum absolute atomic E-state index is 13.9. The van der Waals surface area contributed by atoms with Crippen molar-refractivity contribution >= 4 is 32.8 Å². The molecule has 1 aromatic heterocycles. The summed E-state index contributed by atoms with van der Waals surface area (Å²) in [7, 11) is -3.74. The summed E-state index contributed by atoms with van der Waals surface area (Å²) in [6, 6.07) is 7.14. The fourth-order valence-electron chi connectivity index (χ4n) is 1.78. The smallest absolute Gasteiger partial charge is 0.196 e. The number of hydrogen-bond acceptors (Lipinski definition) is 4. The van der Waals surface area contributed by atoms with E-state index in [9.17, 15) is 12.8 Å². The van der Waals surface area contributed by atoms with E-state index in [2.05, 4.69) is 0 Å². The predicted molar refractivity (Wildman–Crippen MR) is 74.7 cm³/mol. The number of thiophene rings is 1. The van der Waals surface area contributed by atoms with Crippen LogP contribution in [0.1, 0.15) is 10.8 Å². The van der Waals surface area contributed by atoms with E-state index in [-0.39, 0.29) is 21.3 Å². The van der Waals surface area contributed by atoms with Crippen LogP contribution in [0.2, 0.25) is 5.02 Å². The van der Waals surface area contributed by atoms with Gasteiger partial charge in [0.15, 0.2) is 9.84 Å². The number of halogens is 2. The lowest BCUT2D eigenvalue weighted by Crippen LogP contribution is -2.23. The van der Waals surface area contributed by atoms with Gasteiger partial charge in [-0.3, -0.25) is 0 Å². The third-order valence-electron chi connectivity index (χ3n) is 2.69. The van der Waals surface area contributed by atoms with Crippen molar-refractivity contribution in [3.05, 3.63) is 52.1 Å². The molecule has 0 saturated carbocycles. The van der Waals surface area contributed by atoms with Crippen molar-refractivity contribution in [1.82, 2.24) is 0 Å². The Morgan fingerprint density at radius 2 is 2.05 bits per heavy atom. The van der Waals surface area contributed by atoms with Gasteiger partial charge < -0.3 is 5.73 Å². The third-order valence-corrected chi connectivity index (χ3v) is 6.54. The van der Waals surface area contributed by atoms with E-state index in [1.807, 2.05) is 0 Å². The monoisotopic (exact) mass is 319 g/mol. The average molecular weight is 320 g/mol. The summed E-state index contributed by atoms with van der Waals surface area (Å²) >= 11 is 6.98. The molecule has 19 heavy (non-hydrogen) atoms. The van der Waals surface area contributed by atoms with Gasteiger partial charge in [0.25, 0.3) is 0 Å². The first-order valence-electron chi connectivity index (χ1n) is 5.40. The average Bonchev–Trinajstić information content (AvgIpc) is 2.88. The molecule has 0 saturated heterocycles. The number of benzene rings is 1. The summed E-state index contributed by atoms with van der Waals surface area (Å²) in [6.07, 6.45) is 0. The zero-order valence-corrected chi connectivity index (χ0v) is 12.1. The first-order chi connectivity index (χ1) is 8.98. The molecule has 0 aliphatic rings. The van der Waals surface area contributed by atoms with E-state index in [0.29, 0.717) is 0 Å². The summed E-state index contributed by atoms with van der Waals surface area (Å²) < 4.78 is 38.9. The van der Waals surface area contributed by atoms with E-state index in [0.717, 1.165) is 11.3 Å². The molecule has 1 unspecified atom stereocenters. The fraction of sp³-hybridized carbons (Fsp3) is 0.167. The van der Waals surface area contributed by atoms with Crippen LogP contribution in [0, 0.1) is 5.82 Å². The van der Waals surface area contributed by atoms with Crippen molar-refractivity contribution in [2.45, 2.75) is 9.46 Å². The lowest BCUT2D eigenvalue weighted by atomic mass is 10.1. The van der Waals surface area contributed by atoms with Crippen LogP contribution in [0.25, 0.3) is 0 Å². The number of nitrogens with two attached hydrogens (primary N) is 1. The molecule has 2 aromatic rings. The molecule has 0 aliphatic heterocycles. The Balaban J connectivity index is 2.58. The molecule has 2 rings (SSSR count). The number of sulfone groups is 1. The molecule has 102 valence electrons. The molecule has 0 radical (unpaired) electrons. The predicted octanol–water partition coefficient (Wildman–Crippen LogP) is 3.01. The maximum Gasteiger partial charge on any atom is 0.196 e. The molecular formula is C12H11ClFNO2S2. The third kappa shape index (κ3) is 2.67. The van der Waals surface area contributed by atoms with Gasteiger partial charge >= 0.3 is 0 Å². The van der Waals surface area contributed by atoms with Gasteiger partial charge in [-0.2, -0.15) is 0 Å². The molecule has 1 aromatic carbocycles. The van der Waals surface area contributed by atoms with Crippen LogP contribution in [0.15, 0.2) is 39.9 Å². The van der Waals surface area contributed by atoms with Gasteiger partial charge in [0.05, 0.1) is 0 Å². The molecule has 0 spiro atoms. The molecule has 0 fully saturated rings. The van der Waals surface area contributed by atoms with Crippen LogP contribution < -0.4 is 5.73 Å². The van der Waals surface area contributed by atoms with Gasteiger partial charge in [0.2, 0.25) is 0 Å². The normalized spacial score (nSPS) is 13.4. The highest BCUT2D eigenvalue weighted by atomic mass is 35.5. The van der Waals surface area contributed by atoms with Crippen LogP contribution >= 0.6 is 22.9 Å². The topological polar surface area (TPSA) is 60.2 Å². The van der Waals surface area contributed by atoms with Crippen LogP contribution in [0.4, 0.5) is 4.39 Å². The van der Waals surface area contributed by atoms with Crippen molar-refractivity contribution in [2.24, 2.45) is 5.73 Å². The standard InChI is InChI=1S/C12H11ClFNO2S2/c13-8-3-1-4-9(14)12(8)10(7-15)19(16,17)11-5-2-6-18-11/h1-6,10H,7,15H2. The first kappa shape index (κ1) is 14.5. The lowest BCUT2D eigenvalue weighted by molar-refractivity contribution is 0.570. The zero-order valence-electron chi connectivity index (χ0n) is 9.71. The van der Waals surface area contributed by atoms with Crippen LogP contribution in [0.3, 0.4) is 0 Å². The Hall–Kier alpha value is -0.950. The highest BCUT2D eigenvalue weighted by molar-refractivity contribution is 7.93. The van der Waals surface area contributed by atoms with E-state index in [1.54, 1.807) is 11.4 Å². The molecule has 0 amide bonds. The highest BCUT2D eigenvalue weighted by Crippen LogP contribution is 2.35. The number of hydrogen-bond donors (Lipinski definition) is 1. The van der Waals surface area contributed by atoms with Crippen LogP contribution in [-0.4, -0.2) is 15.0 Å². The second kappa shape index (κ2) is 5.58. The summed E-state index contributed by atoms with van der Waals surface area (Å²) in [5, 5.41) is 0.527. The van der Waals surface area contributed by atoms with Crippen LogP contribution in [0.5, 0.6) is 0 Å². The SMILES string of the molecule is NCC(c1c(F)cccc1Cl)S(=O)(=O)c1cccs1. The Bertz CT molecular complexity index is 651. The molecule has 3 nitrogen and oxygen atoms in total. The van der Waals surface area contributed by atoms with Gasteiger partial charge in [-0.05, 0) is 23.6 Å². The molecule has 0 aliphatic carbocycles. The van der Waals surface area contributed by atoms with Gasteiger partial charge in [-0.25, -0.2) is 12.8 Å². The quantitative estimate of drug-likeness (QED) is 0.942. The zero-order chi connectivity index (χ0) is 14.0. The van der Waals surface area contributed by atoms with E-state index < -0.39 is 20.9 Å². The van der Waals surface area contributed by atoms with Crippen LogP contribution in [-0.2, 0) is 9.84 Å². The van der Waals surface area contributed by atoms with Gasteiger partial charge in [-0.15, -0.1) is 11.3 Å². The van der Waals surface area contributed by atoms with E-state index in [4.69, 9.17) is 17.3 Å². The van der Waals surface area contributed by atoms with Crippen molar-refractivity contribution < 1.29 is 12.8 Å². The molecule has 1 atom stereocenters. The molecular weight excluding hydrogens is 309 g/mol. The fourth-order valence-corrected chi connectivity index (χ4v) is 4.99. The van der Waals surface area contributed by atoms with Gasteiger partial charge in [0, 0.05) is 17.1 Å². The van der Waals surface area contributed by atoms with Crippen molar-refractivity contribution in [3.63, 3.8) is 0 Å². The lowest BCUT2D eigenvalue weighted by Gasteiger charge is -2.17. The van der Waals surface area contributed by atoms with Crippen molar-refractivity contribution in [3.8, 4) is 0 Å². The van der Waals surface area contributed by atoms with E-state index >= 15 is 0 Å². The summed E-state index contributed by atoms with van der Waals surface area (Å²) in [4.78, 5) is 0. The number of rotatable bonds is 4. The summed E-state index contributed by atoms with van der Waals surface area (Å²) in [5.74, 6) is -0.664. The Morgan fingerprint density at radius 1 is 1.32 bits per heavy atom. The Labute approximate surface area is 119 Å². The summed E-state index contributed by atoms with van der Waals surface area (Å²) in [6.45, 7) is -0.235. The second-order valence-electron chi connectivity index (χ2n) is 3.84. The largest absolute Gasteiger partial charge is 0.329 e. The molecule has 7 heteroatoms. The van der Waals surface area contributed by atoms with Crippen molar-refractivity contribution in [2.75, 3.05) is 6.54 Å².